The number of aryl methyl sites for hydroxylation is 2. The quantitative estimate of drug-likeness (QED) is 0.230. The second kappa shape index (κ2) is 12.1. The number of methoxy groups -OCH3 is 1. The Hall–Kier alpha value is -4.19. The van der Waals surface area contributed by atoms with Crippen molar-refractivity contribution in [3.8, 4) is 11.5 Å². The molecule has 0 spiro atoms. The second-order valence-corrected chi connectivity index (χ2v) is 12.5. The Balaban J connectivity index is 1.68. The summed E-state index contributed by atoms with van der Waals surface area (Å²) in [4.78, 5) is 30.6. The van der Waals surface area contributed by atoms with Gasteiger partial charge in [0.25, 0.3) is 5.91 Å². The maximum absolute atomic E-state index is 13.4. The van der Waals surface area contributed by atoms with Crippen LogP contribution in [0.1, 0.15) is 68.9 Å². The fourth-order valence-electron chi connectivity index (χ4n) is 4.69. The molecule has 6 heteroatoms. The summed E-state index contributed by atoms with van der Waals surface area (Å²) in [5.41, 5.74) is 2.99. The number of benzene rings is 3. The van der Waals surface area contributed by atoms with Gasteiger partial charge in [0.1, 0.15) is 23.2 Å². The maximum atomic E-state index is 13.4. The van der Waals surface area contributed by atoms with Gasteiger partial charge in [0.15, 0.2) is 0 Å². The predicted octanol–water partition coefficient (Wildman–Crippen LogP) is 7.43. The third-order valence-corrected chi connectivity index (χ3v) is 7.14. The van der Waals surface area contributed by atoms with Crippen molar-refractivity contribution in [3.63, 3.8) is 0 Å². The number of nitrogens with zero attached hydrogens (tertiary/aromatic N) is 1. The number of aromatic nitrogens is 1. The molecule has 0 aliphatic rings. The van der Waals surface area contributed by atoms with E-state index in [2.05, 4.69) is 50.4 Å². The van der Waals surface area contributed by atoms with Crippen LogP contribution in [-0.2, 0) is 27.8 Å². The number of carbonyl (C=O) groups excluding carboxylic acids is 2. The van der Waals surface area contributed by atoms with Gasteiger partial charge < -0.3 is 14.8 Å². The first-order valence-corrected chi connectivity index (χ1v) is 14.0. The summed E-state index contributed by atoms with van der Waals surface area (Å²) in [6, 6.07) is 25.1. The van der Waals surface area contributed by atoms with Gasteiger partial charge in [-0.15, -0.1) is 0 Å². The molecule has 1 heterocycles. The zero-order valence-corrected chi connectivity index (χ0v) is 25.1. The molecule has 0 aliphatic carbocycles. The van der Waals surface area contributed by atoms with Crippen LogP contribution in [0, 0.1) is 5.41 Å². The molecule has 6 nitrogen and oxygen atoms in total. The third kappa shape index (κ3) is 7.51. The summed E-state index contributed by atoms with van der Waals surface area (Å²) < 4.78 is 11.2. The van der Waals surface area contributed by atoms with Gasteiger partial charge in [0.2, 0.25) is 0 Å². The van der Waals surface area contributed by atoms with Crippen LogP contribution in [0.25, 0.3) is 10.8 Å². The predicted molar refractivity (Wildman–Crippen MR) is 164 cm³/mol. The van der Waals surface area contributed by atoms with Crippen LogP contribution in [-0.4, -0.2) is 30.0 Å². The number of pyridine rings is 1. The molecule has 41 heavy (non-hydrogen) atoms. The molecule has 4 rings (SSSR count). The zero-order chi connectivity index (χ0) is 29.8. The molecule has 1 atom stereocenters. The highest BCUT2D eigenvalue weighted by Crippen LogP contribution is 2.31. The summed E-state index contributed by atoms with van der Waals surface area (Å²) in [7, 11) is 1.32. The Morgan fingerprint density at radius 1 is 0.829 bits per heavy atom. The monoisotopic (exact) mass is 552 g/mol. The minimum absolute atomic E-state index is 0.0640. The lowest BCUT2D eigenvalue weighted by Gasteiger charge is -2.29. The first kappa shape index (κ1) is 29.8. The van der Waals surface area contributed by atoms with Crippen LogP contribution in [0.2, 0.25) is 0 Å². The van der Waals surface area contributed by atoms with Crippen molar-refractivity contribution in [2.75, 3.05) is 7.11 Å². The van der Waals surface area contributed by atoms with E-state index in [-0.39, 0.29) is 11.1 Å². The Morgan fingerprint density at radius 2 is 1.49 bits per heavy atom. The number of fused-ring (bicyclic) bond motifs is 1. The number of amides is 1. The number of carbonyl (C=O) groups is 2. The normalized spacial score (nSPS) is 12.6. The molecule has 0 aliphatic heterocycles. The molecule has 1 aromatic heterocycles. The van der Waals surface area contributed by atoms with Crippen LogP contribution in [0.5, 0.6) is 11.5 Å². The number of rotatable bonds is 8. The molecule has 1 unspecified atom stereocenters. The molecular formula is C35H40N2O4. The fraction of sp³-hybridized carbons (Fsp3) is 0.343. The average Bonchev–Trinajstić information content (AvgIpc) is 2.93. The Bertz CT molecular complexity index is 1510. The minimum Gasteiger partial charge on any atom is -0.467 e. The van der Waals surface area contributed by atoms with Crippen molar-refractivity contribution in [1.29, 1.82) is 0 Å². The van der Waals surface area contributed by atoms with Gasteiger partial charge in [0.05, 0.1) is 7.11 Å². The number of hydrogen-bond donors (Lipinski definition) is 1. The minimum atomic E-state index is -0.814. The number of esters is 1. The van der Waals surface area contributed by atoms with Crippen molar-refractivity contribution < 1.29 is 19.1 Å². The van der Waals surface area contributed by atoms with Gasteiger partial charge in [-0.25, -0.2) is 9.78 Å². The number of ether oxygens (including phenoxy) is 2. The van der Waals surface area contributed by atoms with Gasteiger partial charge >= 0.3 is 5.97 Å². The summed E-state index contributed by atoms with van der Waals surface area (Å²) in [5.74, 6) is 0.536. The summed E-state index contributed by atoms with van der Waals surface area (Å²) >= 11 is 0. The molecule has 1 amide bonds. The van der Waals surface area contributed by atoms with Gasteiger partial charge in [-0.2, -0.15) is 0 Å². The van der Waals surface area contributed by atoms with E-state index >= 15 is 0 Å². The molecule has 214 valence electrons. The zero-order valence-electron chi connectivity index (χ0n) is 25.1. The van der Waals surface area contributed by atoms with E-state index in [4.69, 9.17) is 14.5 Å². The smallest absolute Gasteiger partial charge is 0.328 e. The van der Waals surface area contributed by atoms with E-state index in [1.807, 2.05) is 69.3 Å². The van der Waals surface area contributed by atoms with E-state index in [0.29, 0.717) is 12.2 Å². The van der Waals surface area contributed by atoms with Crippen LogP contribution in [0.15, 0.2) is 78.9 Å². The number of hydrogen-bond acceptors (Lipinski definition) is 5. The van der Waals surface area contributed by atoms with Crippen molar-refractivity contribution in [1.82, 2.24) is 10.3 Å². The molecule has 0 saturated heterocycles. The highest BCUT2D eigenvalue weighted by atomic mass is 16.5. The van der Waals surface area contributed by atoms with Crippen LogP contribution in [0.4, 0.5) is 0 Å². The highest BCUT2D eigenvalue weighted by Gasteiger charge is 2.34. The Morgan fingerprint density at radius 3 is 2.10 bits per heavy atom. The van der Waals surface area contributed by atoms with Gasteiger partial charge in [-0.1, -0.05) is 90.1 Å². The molecule has 3 aromatic carbocycles. The van der Waals surface area contributed by atoms with Crippen molar-refractivity contribution in [2.45, 2.75) is 65.8 Å². The van der Waals surface area contributed by atoms with Crippen molar-refractivity contribution in [3.05, 3.63) is 101 Å². The van der Waals surface area contributed by atoms with E-state index in [0.717, 1.165) is 28.6 Å². The van der Waals surface area contributed by atoms with Crippen molar-refractivity contribution in [2.24, 2.45) is 5.41 Å². The molecule has 0 radical (unpaired) electrons. The van der Waals surface area contributed by atoms with Crippen LogP contribution >= 0.6 is 0 Å². The van der Waals surface area contributed by atoms with Gasteiger partial charge in [-0.3, -0.25) is 4.79 Å². The average molecular weight is 553 g/mol. The largest absolute Gasteiger partial charge is 0.467 e. The maximum Gasteiger partial charge on any atom is 0.328 e. The van der Waals surface area contributed by atoms with E-state index in [1.165, 1.54) is 18.2 Å². The van der Waals surface area contributed by atoms with E-state index in [9.17, 15) is 9.59 Å². The Kier molecular flexibility index (Phi) is 8.81. The lowest BCUT2D eigenvalue weighted by molar-refractivity contribution is -0.145. The summed E-state index contributed by atoms with van der Waals surface area (Å²) in [5, 5.41) is 4.64. The lowest BCUT2D eigenvalue weighted by Crippen LogP contribution is -2.49. The third-order valence-electron chi connectivity index (χ3n) is 7.14. The first-order valence-electron chi connectivity index (χ1n) is 14.0. The highest BCUT2D eigenvalue weighted by molar-refractivity contribution is 5.99. The SMILES string of the molecule is COC(=O)C(NC(=O)c1cc2ccc(Oc3ccc(C(C)(C)C)cc3)cc2c(CCc2ccccc2)n1)C(C)(C)C. The van der Waals surface area contributed by atoms with Gasteiger partial charge in [-0.05, 0) is 70.5 Å². The molecule has 1 N–H and O–H groups in total. The lowest BCUT2D eigenvalue weighted by atomic mass is 9.86. The molecule has 4 aromatic rings. The van der Waals surface area contributed by atoms with Crippen LogP contribution < -0.4 is 10.1 Å². The molecule has 0 fully saturated rings. The molecule has 0 bridgehead atoms. The molecule has 0 saturated carbocycles. The van der Waals surface area contributed by atoms with Crippen molar-refractivity contribution >= 4 is 22.6 Å². The van der Waals surface area contributed by atoms with Gasteiger partial charge in [0, 0.05) is 11.1 Å². The summed E-state index contributed by atoms with van der Waals surface area (Å²) in [6.07, 6.45) is 1.39. The Labute approximate surface area is 243 Å². The number of nitrogens with one attached hydrogen (secondary N) is 1. The van der Waals surface area contributed by atoms with E-state index < -0.39 is 23.3 Å². The van der Waals surface area contributed by atoms with Crippen LogP contribution in [0.3, 0.4) is 0 Å². The summed E-state index contributed by atoms with van der Waals surface area (Å²) in [6.45, 7) is 12.2. The molecular weight excluding hydrogens is 512 g/mol. The standard InChI is InChI=1S/C35H40N2O4/c1-34(2,3)25-15-18-26(19-16-25)41-27-17-14-24-21-30(32(38)37-31(33(39)40-7)35(4,5)6)36-29(28(24)22-27)20-13-23-11-9-8-10-12-23/h8-12,14-19,21-22,31H,13,20H2,1-7H3,(H,37,38). The van der Waals surface area contributed by atoms with E-state index in [1.54, 1.807) is 6.07 Å². The topological polar surface area (TPSA) is 77.5 Å². The second-order valence-electron chi connectivity index (χ2n) is 12.5. The first-order chi connectivity index (χ1) is 19.3. The fourth-order valence-corrected chi connectivity index (χ4v) is 4.69.